The number of anilines is 2. The van der Waals surface area contributed by atoms with Gasteiger partial charge in [0.05, 0.1) is 5.02 Å². The summed E-state index contributed by atoms with van der Waals surface area (Å²) in [6.07, 6.45) is 0.350. The Morgan fingerprint density at radius 2 is 1.95 bits per heavy atom. The van der Waals surface area contributed by atoms with Crippen molar-refractivity contribution in [1.29, 1.82) is 0 Å². The third-order valence-corrected chi connectivity index (χ3v) is 3.53. The Balaban J connectivity index is 1.97. The van der Waals surface area contributed by atoms with Gasteiger partial charge in [-0.05, 0) is 41.8 Å². The molecule has 1 amide bonds. The molecule has 0 heterocycles. The second-order valence-corrected chi connectivity index (χ2v) is 5.39. The van der Waals surface area contributed by atoms with Gasteiger partial charge in [-0.2, -0.15) is 0 Å². The molecule has 0 aliphatic heterocycles. The van der Waals surface area contributed by atoms with Gasteiger partial charge in [-0.25, -0.2) is 0 Å². The molecular weight excluding hydrogens is 288 g/mol. The standard InChI is InChI=1S/C16H17ClN2O2/c1-10(11-2-4-12(18)5-3-11)8-16(21)19-13-6-7-15(20)14(17)9-13/h2-7,9-10,20H,8,18H2,1H3,(H,19,21). The Bertz CT molecular complexity index is 641. The molecule has 0 aromatic heterocycles. The van der Waals surface area contributed by atoms with Gasteiger partial charge in [0.25, 0.3) is 0 Å². The highest BCUT2D eigenvalue weighted by Gasteiger charge is 2.12. The van der Waals surface area contributed by atoms with E-state index >= 15 is 0 Å². The van der Waals surface area contributed by atoms with Crippen LogP contribution in [0.1, 0.15) is 24.8 Å². The van der Waals surface area contributed by atoms with Gasteiger partial charge in [0.2, 0.25) is 5.91 Å². The molecule has 1 unspecified atom stereocenters. The number of phenols is 1. The van der Waals surface area contributed by atoms with E-state index in [0.29, 0.717) is 17.8 Å². The fourth-order valence-electron chi connectivity index (χ4n) is 2.02. The molecule has 1 atom stereocenters. The van der Waals surface area contributed by atoms with Crippen molar-refractivity contribution in [1.82, 2.24) is 0 Å². The minimum Gasteiger partial charge on any atom is -0.506 e. The lowest BCUT2D eigenvalue weighted by atomic mass is 9.97. The maximum Gasteiger partial charge on any atom is 0.224 e. The number of rotatable bonds is 4. The van der Waals surface area contributed by atoms with Crippen LogP contribution in [-0.4, -0.2) is 11.0 Å². The van der Waals surface area contributed by atoms with Crippen LogP contribution in [0, 0.1) is 0 Å². The van der Waals surface area contributed by atoms with Crippen LogP contribution >= 0.6 is 11.6 Å². The van der Waals surface area contributed by atoms with Crippen LogP contribution in [0.25, 0.3) is 0 Å². The Morgan fingerprint density at radius 1 is 1.29 bits per heavy atom. The number of aromatic hydroxyl groups is 1. The number of hydrogen-bond acceptors (Lipinski definition) is 3. The molecule has 0 saturated carbocycles. The second-order valence-electron chi connectivity index (χ2n) is 4.99. The SMILES string of the molecule is CC(CC(=O)Nc1ccc(O)c(Cl)c1)c1ccc(N)cc1. The quantitative estimate of drug-likeness (QED) is 0.594. The summed E-state index contributed by atoms with van der Waals surface area (Å²) in [5.74, 6) is -0.0378. The van der Waals surface area contributed by atoms with Crippen molar-refractivity contribution in [2.45, 2.75) is 19.3 Å². The Labute approximate surface area is 128 Å². The zero-order chi connectivity index (χ0) is 15.4. The van der Waals surface area contributed by atoms with Crippen molar-refractivity contribution < 1.29 is 9.90 Å². The first-order valence-corrected chi connectivity index (χ1v) is 6.97. The van der Waals surface area contributed by atoms with E-state index in [-0.39, 0.29) is 22.6 Å². The summed E-state index contributed by atoms with van der Waals surface area (Å²) in [6, 6.07) is 12.1. The summed E-state index contributed by atoms with van der Waals surface area (Å²) < 4.78 is 0. The monoisotopic (exact) mass is 304 g/mol. The molecule has 0 bridgehead atoms. The first-order chi connectivity index (χ1) is 9.95. The Morgan fingerprint density at radius 3 is 2.57 bits per heavy atom. The first kappa shape index (κ1) is 15.2. The fourth-order valence-corrected chi connectivity index (χ4v) is 2.20. The molecule has 0 radical (unpaired) electrons. The van der Waals surface area contributed by atoms with Gasteiger partial charge < -0.3 is 16.2 Å². The molecule has 0 fully saturated rings. The van der Waals surface area contributed by atoms with E-state index in [2.05, 4.69) is 5.32 Å². The average Bonchev–Trinajstić information content (AvgIpc) is 2.43. The highest BCUT2D eigenvalue weighted by Crippen LogP contribution is 2.27. The minimum absolute atomic E-state index is 0.00934. The summed E-state index contributed by atoms with van der Waals surface area (Å²) in [6.45, 7) is 1.98. The highest BCUT2D eigenvalue weighted by atomic mass is 35.5. The lowest BCUT2D eigenvalue weighted by Crippen LogP contribution is -2.14. The average molecular weight is 305 g/mol. The van der Waals surface area contributed by atoms with Gasteiger partial charge in [-0.3, -0.25) is 4.79 Å². The van der Waals surface area contributed by atoms with Gasteiger partial charge in [0.15, 0.2) is 0 Å². The van der Waals surface area contributed by atoms with Gasteiger partial charge in [0.1, 0.15) is 5.75 Å². The van der Waals surface area contributed by atoms with Crippen molar-refractivity contribution in [3.05, 3.63) is 53.1 Å². The predicted molar refractivity (Wildman–Crippen MR) is 85.6 cm³/mol. The van der Waals surface area contributed by atoms with Crippen molar-refractivity contribution in [3.8, 4) is 5.75 Å². The molecule has 0 aliphatic rings. The van der Waals surface area contributed by atoms with E-state index in [9.17, 15) is 9.90 Å². The third-order valence-electron chi connectivity index (χ3n) is 3.23. The Hall–Kier alpha value is -2.20. The zero-order valence-electron chi connectivity index (χ0n) is 11.6. The fraction of sp³-hybridized carbons (Fsp3) is 0.188. The van der Waals surface area contributed by atoms with E-state index in [1.165, 1.54) is 12.1 Å². The van der Waals surface area contributed by atoms with Gasteiger partial charge in [-0.15, -0.1) is 0 Å². The third kappa shape index (κ3) is 4.13. The lowest BCUT2D eigenvalue weighted by Gasteiger charge is -2.12. The summed E-state index contributed by atoms with van der Waals surface area (Å²) >= 11 is 5.80. The molecule has 5 heteroatoms. The molecule has 2 rings (SSSR count). The number of nitrogen functional groups attached to an aromatic ring is 1. The number of hydrogen-bond donors (Lipinski definition) is 3. The molecule has 2 aromatic rings. The predicted octanol–water partition coefficient (Wildman–Crippen LogP) is 3.76. The molecule has 21 heavy (non-hydrogen) atoms. The molecular formula is C16H17ClN2O2. The van der Waals surface area contributed by atoms with Crippen LogP contribution < -0.4 is 11.1 Å². The summed E-state index contributed by atoms with van der Waals surface area (Å²) in [7, 11) is 0. The number of phenolic OH excluding ortho intramolecular Hbond substituents is 1. The van der Waals surface area contributed by atoms with Crippen LogP contribution in [0.3, 0.4) is 0 Å². The zero-order valence-corrected chi connectivity index (χ0v) is 12.4. The number of benzene rings is 2. The first-order valence-electron chi connectivity index (χ1n) is 6.59. The normalized spacial score (nSPS) is 11.9. The second kappa shape index (κ2) is 6.50. The molecule has 4 N–H and O–H groups in total. The number of amides is 1. The Kier molecular flexibility index (Phi) is 4.70. The van der Waals surface area contributed by atoms with Gasteiger partial charge in [-0.1, -0.05) is 30.7 Å². The lowest BCUT2D eigenvalue weighted by molar-refractivity contribution is -0.116. The van der Waals surface area contributed by atoms with E-state index in [1.54, 1.807) is 6.07 Å². The number of carbonyl (C=O) groups excluding carboxylic acids is 1. The van der Waals surface area contributed by atoms with E-state index in [0.717, 1.165) is 5.56 Å². The van der Waals surface area contributed by atoms with Crippen molar-refractivity contribution in [3.63, 3.8) is 0 Å². The van der Waals surface area contributed by atoms with E-state index in [4.69, 9.17) is 17.3 Å². The number of halogens is 1. The van der Waals surface area contributed by atoms with Gasteiger partial charge in [0, 0.05) is 17.8 Å². The number of carbonyl (C=O) groups is 1. The molecule has 0 saturated heterocycles. The summed E-state index contributed by atoms with van der Waals surface area (Å²) in [5.41, 5.74) is 7.97. The van der Waals surface area contributed by atoms with E-state index < -0.39 is 0 Å². The molecule has 4 nitrogen and oxygen atoms in total. The largest absolute Gasteiger partial charge is 0.506 e. The van der Waals surface area contributed by atoms with Crippen LogP contribution in [0.5, 0.6) is 5.75 Å². The molecule has 110 valence electrons. The van der Waals surface area contributed by atoms with Crippen LogP contribution in [0.15, 0.2) is 42.5 Å². The van der Waals surface area contributed by atoms with Crippen LogP contribution in [0.2, 0.25) is 5.02 Å². The van der Waals surface area contributed by atoms with Crippen LogP contribution in [-0.2, 0) is 4.79 Å². The molecule has 0 aliphatic carbocycles. The summed E-state index contributed by atoms with van der Waals surface area (Å²) in [5, 5.41) is 12.3. The highest BCUT2D eigenvalue weighted by molar-refractivity contribution is 6.32. The maximum atomic E-state index is 12.0. The van der Waals surface area contributed by atoms with Crippen molar-refractivity contribution in [2.24, 2.45) is 0 Å². The molecule has 2 aromatic carbocycles. The van der Waals surface area contributed by atoms with Gasteiger partial charge >= 0.3 is 0 Å². The summed E-state index contributed by atoms with van der Waals surface area (Å²) in [4.78, 5) is 12.0. The minimum atomic E-state index is -0.110. The van der Waals surface area contributed by atoms with Crippen molar-refractivity contribution >= 4 is 28.9 Å². The topological polar surface area (TPSA) is 75.3 Å². The maximum absolute atomic E-state index is 12.0. The number of nitrogens with one attached hydrogen (secondary N) is 1. The number of nitrogens with two attached hydrogens (primary N) is 1. The molecule has 0 spiro atoms. The van der Waals surface area contributed by atoms with Crippen molar-refractivity contribution in [2.75, 3.05) is 11.1 Å². The smallest absolute Gasteiger partial charge is 0.224 e. The van der Waals surface area contributed by atoms with Crippen LogP contribution in [0.4, 0.5) is 11.4 Å². The van der Waals surface area contributed by atoms with E-state index in [1.807, 2.05) is 31.2 Å².